The smallest absolute Gasteiger partial charge is 0.338 e. The zero-order valence-corrected chi connectivity index (χ0v) is 20.8. The predicted octanol–water partition coefficient (Wildman–Crippen LogP) is 3.13. The summed E-state index contributed by atoms with van der Waals surface area (Å²) in [7, 11) is 0. The highest BCUT2D eigenvalue weighted by Crippen LogP contribution is 2.38. The number of esters is 1. The Bertz CT molecular complexity index is 1490. The molecule has 1 atom stereocenters. The number of hydrogen-bond donors (Lipinski definition) is 0. The van der Waals surface area contributed by atoms with Crippen LogP contribution < -0.4 is 24.4 Å². The maximum Gasteiger partial charge on any atom is 0.338 e. The standard InChI is InChI=1S/C24H19IN2O5S/c1-3-30-23(29)20-13(2)26-24-27(21(20)15-7-8-17-18(11-15)32-12-31-17)22(28)19(33-24)10-14-5-4-6-16(25)9-14/h4-11,21H,3,12H2,1-2H3/b19-10+/t21-/m0/s1. The summed E-state index contributed by atoms with van der Waals surface area (Å²) in [5.74, 6) is 0.711. The molecule has 1 aromatic heterocycles. The molecule has 0 spiro atoms. The zero-order valence-electron chi connectivity index (χ0n) is 17.8. The minimum absolute atomic E-state index is 0.136. The normalized spacial score (nSPS) is 17.1. The number of benzene rings is 2. The summed E-state index contributed by atoms with van der Waals surface area (Å²) in [6.07, 6.45) is 1.85. The molecule has 2 aromatic carbocycles. The molecule has 2 aliphatic rings. The van der Waals surface area contributed by atoms with Crippen molar-refractivity contribution in [2.45, 2.75) is 19.9 Å². The van der Waals surface area contributed by atoms with E-state index >= 15 is 0 Å². The summed E-state index contributed by atoms with van der Waals surface area (Å²) in [4.78, 5) is 31.7. The van der Waals surface area contributed by atoms with E-state index in [0.717, 1.165) is 14.7 Å². The third kappa shape index (κ3) is 3.99. The molecule has 0 N–H and O–H groups in total. The first-order valence-electron chi connectivity index (χ1n) is 10.3. The lowest BCUT2D eigenvalue weighted by Crippen LogP contribution is -2.39. The van der Waals surface area contributed by atoms with Gasteiger partial charge in [0.15, 0.2) is 16.3 Å². The van der Waals surface area contributed by atoms with E-state index in [0.29, 0.717) is 32.1 Å². The van der Waals surface area contributed by atoms with Gasteiger partial charge in [-0.25, -0.2) is 9.79 Å². The lowest BCUT2D eigenvalue weighted by atomic mass is 9.95. The van der Waals surface area contributed by atoms with Gasteiger partial charge in [0.1, 0.15) is 0 Å². The molecule has 3 aromatic rings. The molecule has 33 heavy (non-hydrogen) atoms. The summed E-state index contributed by atoms with van der Waals surface area (Å²) in [5.41, 5.74) is 2.29. The van der Waals surface area contributed by atoms with Crippen molar-refractivity contribution in [2.24, 2.45) is 4.99 Å². The highest BCUT2D eigenvalue weighted by Gasteiger charge is 2.34. The van der Waals surface area contributed by atoms with Crippen molar-refractivity contribution in [3.63, 3.8) is 0 Å². The highest BCUT2D eigenvalue weighted by molar-refractivity contribution is 14.1. The van der Waals surface area contributed by atoms with Crippen LogP contribution in [0.4, 0.5) is 0 Å². The second kappa shape index (κ2) is 8.79. The predicted molar refractivity (Wildman–Crippen MR) is 132 cm³/mol. The first kappa shape index (κ1) is 21.9. The van der Waals surface area contributed by atoms with Crippen LogP contribution in [0.25, 0.3) is 6.08 Å². The fraction of sp³-hybridized carbons (Fsp3) is 0.208. The monoisotopic (exact) mass is 574 g/mol. The number of carbonyl (C=O) groups is 1. The molecule has 7 nitrogen and oxygen atoms in total. The van der Waals surface area contributed by atoms with Gasteiger partial charge in [0.2, 0.25) is 6.79 Å². The summed E-state index contributed by atoms with van der Waals surface area (Å²) in [5, 5.41) is 0. The molecule has 168 valence electrons. The van der Waals surface area contributed by atoms with E-state index in [2.05, 4.69) is 27.6 Å². The molecule has 3 heterocycles. The molecule has 9 heteroatoms. The number of allylic oxidation sites excluding steroid dienone is 1. The Balaban J connectivity index is 1.73. The van der Waals surface area contributed by atoms with Crippen LogP contribution in [0.5, 0.6) is 11.5 Å². The number of hydrogen-bond acceptors (Lipinski definition) is 7. The van der Waals surface area contributed by atoms with Gasteiger partial charge in [0.25, 0.3) is 5.56 Å². The van der Waals surface area contributed by atoms with Crippen molar-refractivity contribution in [1.29, 1.82) is 0 Å². The van der Waals surface area contributed by atoms with Crippen molar-refractivity contribution in [1.82, 2.24) is 4.57 Å². The lowest BCUT2D eigenvalue weighted by Gasteiger charge is -2.24. The van der Waals surface area contributed by atoms with E-state index in [9.17, 15) is 9.59 Å². The van der Waals surface area contributed by atoms with Crippen molar-refractivity contribution < 1.29 is 19.0 Å². The van der Waals surface area contributed by atoms with E-state index in [1.807, 2.05) is 42.5 Å². The third-order valence-corrected chi connectivity index (χ3v) is 7.03. The molecule has 0 aliphatic carbocycles. The fourth-order valence-electron chi connectivity index (χ4n) is 3.94. The molecule has 0 unspecified atom stereocenters. The maximum absolute atomic E-state index is 13.6. The summed E-state index contributed by atoms with van der Waals surface area (Å²) < 4.78 is 19.5. The highest BCUT2D eigenvalue weighted by atomic mass is 127. The second-order valence-corrected chi connectivity index (χ2v) is 9.72. The van der Waals surface area contributed by atoms with Gasteiger partial charge in [0.05, 0.1) is 28.5 Å². The van der Waals surface area contributed by atoms with E-state index in [1.54, 1.807) is 24.5 Å². The van der Waals surface area contributed by atoms with Crippen molar-refractivity contribution in [2.75, 3.05) is 13.4 Å². The first-order valence-corrected chi connectivity index (χ1v) is 12.2. The van der Waals surface area contributed by atoms with Crippen molar-refractivity contribution in [3.8, 4) is 11.5 Å². The van der Waals surface area contributed by atoms with Crippen LogP contribution >= 0.6 is 33.9 Å². The Labute approximate surface area is 206 Å². The summed E-state index contributed by atoms with van der Waals surface area (Å²) in [6.45, 7) is 3.88. The van der Waals surface area contributed by atoms with Gasteiger partial charge in [-0.2, -0.15) is 0 Å². The minimum atomic E-state index is -0.687. The molecule has 0 saturated heterocycles. The van der Waals surface area contributed by atoms with Gasteiger partial charge in [-0.05, 0) is 77.9 Å². The van der Waals surface area contributed by atoms with Crippen molar-refractivity contribution >= 4 is 46.0 Å². The Hall–Kier alpha value is -2.92. The van der Waals surface area contributed by atoms with Gasteiger partial charge < -0.3 is 14.2 Å². The van der Waals surface area contributed by atoms with Crippen LogP contribution in [0.3, 0.4) is 0 Å². The van der Waals surface area contributed by atoms with E-state index < -0.39 is 12.0 Å². The number of fused-ring (bicyclic) bond motifs is 2. The van der Waals surface area contributed by atoms with Crippen molar-refractivity contribution in [3.05, 3.63) is 88.1 Å². The number of thiazole rings is 1. The van der Waals surface area contributed by atoms with Gasteiger partial charge in [-0.3, -0.25) is 9.36 Å². The number of nitrogens with zero attached hydrogens (tertiary/aromatic N) is 2. The molecule has 0 bridgehead atoms. The van der Waals surface area contributed by atoms with E-state index in [-0.39, 0.29) is 19.0 Å². The number of aromatic nitrogens is 1. The molecule has 2 aliphatic heterocycles. The molecule has 0 saturated carbocycles. The summed E-state index contributed by atoms with van der Waals surface area (Å²) >= 11 is 3.54. The molecule has 0 fully saturated rings. The molecular weight excluding hydrogens is 555 g/mol. The SMILES string of the molecule is CCOC(=O)C1=C(C)N=c2s/c(=C/c3cccc(I)c3)c(=O)n2[C@H]1c1ccc2c(c1)OCO2. The maximum atomic E-state index is 13.6. The largest absolute Gasteiger partial charge is 0.463 e. The molecule has 0 radical (unpaired) electrons. The summed E-state index contributed by atoms with van der Waals surface area (Å²) in [6, 6.07) is 12.6. The number of carbonyl (C=O) groups excluding carboxylic acids is 1. The van der Waals surface area contributed by atoms with Gasteiger partial charge >= 0.3 is 5.97 Å². The van der Waals surface area contributed by atoms with Gasteiger partial charge in [-0.15, -0.1) is 0 Å². The van der Waals surface area contributed by atoms with E-state index in [4.69, 9.17) is 14.2 Å². The Kier molecular flexibility index (Phi) is 5.83. The number of halogens is 1. The van der Waals surface area contributed by atoms with E-state index in [1.165, 1.54) is 11.3 Å². The molecule has 0 amide bonds. The quantitative estimate of drug-likeness (QED) is 0.354. The molecule has 5 rings (SSSR count). The number of rotatable bonds is 4. The number of ether oxygens (including phenoxy) is 3. The zero-order chi connectivity index (χ0) is 23.1. The second-order valence-electron chi connectivity index (χ2n) is 7.47. The van der Waals surface area contributed by atoms with Gasteiger partial charge in [0, 0.05) is 3.57 Å². The average Bonchev–Trinajstić information content (AvgIpc) is 3.37. The average molecular weight is 574 g/mol. The Morgan fingerprint density at radius 1 is 1.27 bits per heavy atom. The fourth-order valence-corrected chi connectivity index (χ4v) is 5.55. The Morgan fingerprint density at radius 3 is 2.88 bits per heavy atom. The van der Waals surface area contributed by atoms with Crippen LogP contribution in [-0.2, 0) is 9.53 Å². The van der Waals surface area contributed by atoms with Crippen LogP contribution in [-0.4, -0.2) is 23.9 Å². The van der Waals surface area contributed by atoms with Crippen LogP contribution in [0.15, 0.2) is 63.5 Å². The lowest BCUT2D eigenvalue weighted by molar-refractivity contribution is -0.139. The molecular formula is C24H19IN2O5S. The third-order valence-electron chi connectivity index (χ3n) is 5.38. The minimum Gasteiger partial charge on any atom is -0.463 e. The first-order chi connectivity index (χ1) is 16.0. The van der Waals surface area contributed by atoms with Crippen LogP contribution in [0.2, 0.25) is 0 Å². The van der Waals surface area contributed by atoms with Crippen LogP contribution in [0.1, 0.15) is 31.0 Å². The topological polar surface area (TPSA) is 79.1 Å². The van der Waals surface area contributed by atoms with Crippen LogP contribution in [0, 0.1) is 3.57 Å². The van der Waals surface area contributed by atoms with Gasteiger partial charge in [-0.1, -0.05) is 29.5 Å². The Morgan fingerprint density at radius 2 is 2.09 bits per heavy atom.